The summed E-state index contributed by atoms with van der Waals surface area (Å²) in [6.07, 6.45) is 0.0766. The second-order valence-corrected chi connectivity index (χ2v) is 3.61. The molecule has 0 amide bonds. The Kier molecular flexibility index (Phi) is 3.19. The average molecular weight is 288 g/mol. The molecule has 0 aromatic heterocycles. The Balaban J connectivity index is 3.20. The molecule has 0 unspecified atom stereocenters. The number of nitro benzene ring substituents is 1. The van der Waals surface area contributed by atoms with E-state index in [1.165, 1.54) is 6.07 Å². The Morgan fingerprint density at radius 2 is 2.31 bits per heavy atom. The van der Waals surface area contributed by atoms with E-state index in [-0.39, 0.29) is 12.1 Å². The van der Waals surface area contributed by atoms with Crippen molar-refractivity contribution in [2.75, 3.05) is 0 Å². The van der Waals surface area contributed by atoms with Gasteiger partial charge in [-0.25, -0.2) is 0 Å². The number of nitriles is 1. The lowest BCUT2D eigenvalue weighted by Crippen LogP contribution is -1.95. The number of rotatable bonds is 2. The third-order valence-corrected chi connectivity index (χ3v) is 2.18. The van der Waals surface area contributed by atoms with Crippen LogP contribution >= 0.6 is 22.6 Å². The molecule has 0 spiro atoms. The zero-order valence-corrected chi connectivity index (χ0v) is 8.69. The zero-order valence-electron chi connectivity index (χ0n) is 6.53. The highest BCUT2D eigenvalue weighted by Gasteiger charge is 2.12. The van der Waals surface area contributed by atoms with Crippen molar-refractivity contribution in [3.63, 3.8) is 0 Å². The summed E-state index contributed by atoms with van der Waals surface area (Å²) in [7, 11) is 0. The summed E-state index contributed by atoms with van der Waals surface area (Å²) in [6.45, 7) is 0. The number of hydrogen-bond donors (Lipinski definition) is 0. The van der Waals surface area contributed by atoms with Crippen molar-refractivity contribution < 1.29 is 4.92 Å². The molecule has 0 radical (unpaired) electrons. The van der Waals surface area contributed by atoms with Crippen molar-refractivity contribution in [2.24, 2.45) is 0 Å². The summed E-state index contributed by atoms with van der Waals surface area (Å²) < 4.78 is 0.797. The van der Waals surface area contributed by atoms with Gasteiger partial charge in [0.1, 0.15) is 0 Å². The van der Waals surface area contributed by atoms with Gasteiger partial charge in [-0.3, -0.25) is 10.1 Å². The summed E-state index contributed by atoms with van der Waals surface area (Å²) in [6, 6.07) is 6.72. The first kappa shape index (κ1) is 9.92. The number of hydrogen-bond acceptors (Lipinski definition) is 3. The lowest BCUT2D eigenvalue weighted by Gasteiger charge is -1.97. The molecule has 0 aliphatic carbocycles. The van der Waals surface area contributed by atoms with Gasteiger partial charge in [-0.15, -0.1) is 0 Å². The Hall–Kier alpha value is -1.16. The molecule has 0 heterocycles. The second kappa shape index (κ2) is 4.18. The molecule has 0 fully saturated rings. The second-order valence-electron chi connectivity index (χ2n) is 2.37. The third kappa shape index (κ3) is 2.39. The van der Waals surface area contributed by atoms with Gasteiger partial charge in [0.25, 0.3) is 5.69 Å². The van der Waals surface area contributed by atoms with Crippen LogP contribution in [0.2, 0.25) is 0 Å². The van der Waals surface area contributed by atoms with Crippen LogP contribution < -0.4 is 0 Å². The van der Waals surface area contributed by atoms with Crippen LogP contribution in [0.1, 0.15) is 5.56 Å². The van der Waals surface area contributed by atoms with Crippen LogP contribution in [0.3, 0.4) is 0 Å². The van der Waals surface area contributed by atoms with Crippen LogP contribution in [-0.4, -0.2) is 4.92 Å². The summed E-state index contributed by atoms with van der Waals surface area (Å²) in [4.78, 5) is 10.1. The summed E-state index contributed by atoms with van der Waals surface area (Å²) in [5, 5.41) is 19.0. The first-order valence-corrected chi connectivity index (χ1v) is 4.53. The van der Waals surface area contributed by atoms with Crippen LogP contribution in [0, 0.1) is 25.0 Å². The minimum Gasteiger partial charge on any atom is -0.258 e. The molecular formula is C8H5IN2O2. The quantitative estimate of drug-likeness (QED) is 0.476. The molecule has 5 heteroatoms. The van der Waals surface area contributed by atoms with Gasteiger partial charge in [0.05, 0.1) is 17.4 Å². The SMILES string of the molecule is N#CCc1ccc(I)cc1[N+](=O)[O-]. The van der Waals surface area contributed by atoms with Gasteiger partial charge < -0.3 is 0 Å². The van der Waals surface area contributed by atoms with E-state index in [1.54, 1.807) is 12.1 Å². The maximum Gasteiger partial charge on any atom is 0.274 e. The highest BCUT2D eigenvalue weighted by molar-refractivity contribution is 14.1. The van der Waals surface area contributed by atoms with E-state index < -0.39 is 4.92 Å². The maximum absolute atomic E-state index is 10.5. The first-order chi connectivity index (χ1) is 6.15. The normalized spacial score (nSPS) is 9.23. The van der Waals surface area contributed by atoms with Crippen molar-refractivity contribution in [3.05, 3.63) is 37.4 Å². The minimum atomic E-state index is -0.463. The van der Waals surface area contributed by atoms with Gasteiger partial charge in [-0.2, -0.15) is 5.26 Å². The molecule has 0 atom stereocenters. The molecule has 13 heavy (non-hydrogen) atoms. The molecule has 0 bridgehead atoms. The predicted octanol–water partition coefficient (Wildman–Crippen LogP) is 2.27. The fourth-order valence-electron chi connectivity index (χ4n) is 0.942. The smallest absolute Gasteiger partial charge is 0.258 e. The van der Waals surface area contributed by atoms with E-state index in [4.69, 9.17) is 5.26 Å². The molecule has 0 saturated heterocycles. The predicted molar refractivity (Wildman–Crippen MR) is 55.1 cm³/mol. The van der Waals surface area contributed by atoms with Crippen molar-refractivity contribution >= 4 is 28.3 Å². The summed E-state index contributed by atoms with van der Waals surface area (Å²) >= 11 is 2.00. The van der Waals surface area contributed by atoms with Gasteiger partial charge in [0, 0.05) is 15.2 Å². The number of benzene rings is 1. The van der Waals surface area contributed by atoms with E-state index >= 15 is 0 Å². The molecule has 1 aromatic carbocycles. The van der Waals surface area contributed by atoms with Crippen LogP contribution in [0.15, 0.2) is 18.2 Å². The minimum absolute atomic E-state index is 0.0217. The Labute approximate surface area is 88.5 Å². The fraction of sp³-hybridized carbons (Fsp3) is 0.125. The van der Waals surface area contributed by atoms with Crippen molar-refractivity contribution in [3.8, 4) is 6.07 Å². The van der Waals surface area contributed by atoms with Gasteiger partial charge in [-0.05, 0) is 28.7 Å². The first-order valence-electron chi connectivity index (χ1n) is 3.45. The van der Waals surface area contributed by atoms with E-state index in [2.05, 4.69) is 0 Å². The molecule has 1 aromatic rings. The van der Waals surface area contributed by atoms with Crippen molar-refractivity contribution in [1.82, 2.24) is 0 Å². The lowest BCUT2D eigenvalue weighted by atomic mass is 10.1. The molecule has 0 N–H and O–H groups in total. The standard InChI is InChI=1S/C8H5IN2O2/c9-7-2-1-6(3-4-10)8(5-7)11(12)13/h1-2,5H,3H2. The Morgan fingerprint density at radius 1 is 1.62 bits per heavy atom. The Bertz CT molecular complexity index is 384. The monoisotopic (exact) mass is 288 g/mol. The Morgan fingerprint density at radius 3 is 2.85 bits per heavy atom. The largest absolute Gasteiger partial charge is 0.274 e. The molecule has 4 nitrogen and oxygen atoms in total. The fourth-order valence-corrected chi connectivity index (χ4v) is 1.42. The van der Waals surface area contributed by atoms with Gasteiger partial charge in [0.2, 0.25) is 0 Å². The van der Waals surface area contributed by atoms with Crippen LogP contribution in [0.4, 0.5) is 5.69 Å². The number of nitrogens with zero attached hydrogens (tertiary/aromatic N) is 2. The topological polar surface area (TPSA) is 66.9 Å². The van der Waals surface area contributed by atoms with Crippen LogP contribution in [0.25, 0.3) is 0 Å². The average Bonchev–Trinajstić information content (AvgIpc) is 2.08. The number of nitro groups is 1. The molecule has 0 saturated carbocycles. The molecule has 66 valence electrons. The van der Waals surface area contributed by atoms with Gasteiger partial charge >= 0.3 is 0 Å². The zero-order chi connectivity index (χ0) is 9.84. The molecule has 0 aliphatic heterocycles. The highest BCUT2D eigenvalue weighted by atomic mass is 127. The third-order valence-electron chi connectivity index (χ3n) is 1.51. The summed E-state index contributed by atoms with van der Waals surface area (Å²) in [5.41, 5.74) is 0.487. The molecule has 0 aliphatic rings. The van der Waals surface area contributed by atoms with E-state index in [1.807, 2.05) is 28.7 Å². The molecular weight excluding hydrogens is 283 g/mol. The van der Waals surface area contributed by atoms with Gasteiger partial charge in [0.15, 0.2) is 0 Å². The maximum atomic E-state index is 10.5. The number of halogens is 1. The lowest BCUT2D eigenvalue weighted by molar-refractivity contribution is -0.385. The van der Waals surface area contributed by atoms with Crippen LogP contribution in [-0.2, 0) is 6.42 Å². The summed E-state index contributed by atoms with van der Waals surface area (Å²) in [5.74, 6) is 0. The highest BCUT2D eigenvalue weighted by Crippen LogP contribution is 2.21. The van der Waals surface area contributed by atoms with Gasteiger partial charge in [-0.1, -0.05) is 6.07 Å². The van der Waals surface area contributed by atoms with E-state index in [9.17, 15) is 10.1 Å². The van der Waals surface area contributed by atoms with Crippen molar-refractivity contribution in [2.45, 2.75) is 6.42 Å². The van der Waals surface area contributed by atoms with Crippen LogP contribution in [0.5, 0.6) is 0 Å². The van der Waals surface area contributed by atoms with Crippen molar-refractivity contribution in [1.29, 1.82) is 5.26 Å². The van der Waals surface area contributed by atoms with E-state index in [0.717, 1.165) is 3.57 Å². The molecule has 1 rings (SSSR count). The van der Waals surface area contributed by atoms with E-state index in [0.29, 0.717) is 5.56 Å².